The summed E-state index contributed by atoms with van der Waals surface area (Å²) in [4.78, 5) is 40.9. The fourth-order valence-corrected chi connectivity index (χ4v) is 4.78. The smallest absolute Gasteiger partial charge is 0.315 e. The minimum Gasteiger partial charge on any atom is -0.349 e. The van der Waals surface area contributed by atoms with Crippen molar-refractivity contribution in [3.63, 3.8) is 0 Å². The first-order chi connectivity index (χ1) is 18.6. The third-order valence-corrected chi connectivity index (χ3v) is 6.89. The van der Waals surface area contributed by atoms with Crippen molar-refractivity contribution in [3.05, 3.63) is 72.0 Å². The molecule has 1 aliphatic carbocycles. The van der Waals surface area contributed by atoms with Crippen LogP contribution in [0, 0.1) is 5.82 Å². The Morgan fingerprint density at radius 1 is 1.23 bits per heavy atom. The van der Waals surface area contributed by atoms with Crippen LogP contribution >= 0.6 is 0 Å². The first kappa shape index (κ1) is 26.2. The second kappa shape index (κ2) is 10.4. The SMILES string of the molecule is C=CC(=O)NC1CCCC1c1nc2nccc(-c3ccc(CNC(=O)c4nc(C(C)(C)C)no4)c(F)c3)c2[nH]1. The zero-order valence-electron chi connectivity index (χ0n) is 22.0. The number of hydrogen-bond acceptors (Lipinski definition) is 7. The van der Waals surface area contributed by atoms with E-state index >= 15 is 4.39 Å². The average Bonchev–Trinajstić information content (AvgIpc) is 3.66. The maximum atomic E-state index is 15.1. The summed E-state index contributed by atoms with van der Waals surface area (Å²) in [5.74, 6) is -0.235. The van der Waals surface area contributed by atoms with Crippen molar-refractivity contribution in [2.45, 2.75) is 64.0 Å². The molecule has 1 aliphatic rings. The van der Waals surface area contributed by atoms with E-state index in [1.165, 1.54) is 12.1 Å². The minimum absolute atomic E-state index is 0.0250. The molecule has 39 heavy (non-hydrogen) atoms. The highest BCUT2D eigenvalue weighted by Crippen LogP contribution is 2.35. The van der Waals surface area contributed by atoms with Gasteiger partial charge < -0.3 is 20.1 Å². The van der Waals surface area contributed by atoms with Crippen LogP contribution < -0.4 is 10.6 Å². The normalized spacial score (nSPS) is 17.3. The van der Waals surface area contributed by atoms with Gasteiger partial charge in [0.25, 0.3) is 0 Å². The summed E-state index contributed by atoms with van der Waals surface area (Å²) in [5.41, 5.74) is 2.55. The number of pyridine rings is 1. The summed E-state index contributed by atoms with van der Waals surface area (Å²) in [5, 5.41) is 9.46. The monoisotopic (exact) mass is 531 g/mol. The second-order valence-corrected chi connectivity index (χ2v) is 10.7. The molecule has 10 nitrogen and oxygen atoms in total. The van der Waals surface area contributed by atoms with Gasteiger partial charge in [-0.2, -0.15) is 4.98 Å². The number of fused-ring (bicyclic) bond motifs is 1. The molecule has 0 aliphatic heterocycles. The van der Waals surface area contributed by atoms with Crippen LogP contribution in [0.5, 0.6) is 0 Å². The van der Waals surface area contributed by atoms with Crippen molar-refractivity contribution >= 4 is 23.0 Å². The number of benzene rings is 1. The van der Waals surface area contributed by atoms with Crippen molar-refractivity contribution < 1.29 is 18.5 Å². The second-order valence-electron chi connectivity index (χ2n) is 10.7. The number of H-pyrrole nitrogens is 1. The first-order valence-electron chi connectivity index (χ1n) is 12.8. The standard InChI is InChI=1S/C28H30FN7O3/c1-5-21(37)32-20-8-6-7-18(20)23-33-22-17(11-12-30-24(22)34-23)15-9-10-16(19(29)13-15)14-31-25(38)26-35-27(36-39-26)28(2,3)4/h5,9-13,18,20H,1,6-8,14H2,2-4H3,(H,31,38)(H,32,37)(H,30,33,34). The number of aromatic nitrogens is 5. The Labute approximate surface area is 224 Å². The van der Waals surface area contributed by atoms with Crippen LogP contribution in [0.15, 0.2) is 47.6 Å². The molecule has 3 aromatic heterocycles. The third kappa shape index (κ3) is 5.43. The molecule has 11 heteroatoms. The van der Waals surface area contributed by atoms with Crippen LogP contribution in [0.4, 0.5) is 4.39 Å². The molecule has 0 spiro atoms. The molecule has 1 saturated carbocycles. The van der Waals surface area contributed by atoms with Gasteiger partial charge in [-0.15, -0.1) is 0 Å². The van der Waals surface area contributed by atoms with Gasteiger partial charge in [-0.05, 0) is 36.6 Å². The maximum Gasteiger partial charge on any atom is 0.315 e. The highest BCUT2D eigenvalue weighted by molar-refractivity contribution is 5.90. The van der Waals surface area contributed by atoms with Gasteiger partial charge in [0.15, 0.2) is 11.5 Å². The summed E-state index contributed by atoms with van der Waals surface area (Å²) in [6, 6.07) is 6.59. The van der Waals surface area contributed by atoms with Crippen molar-refractivity contribution in [1.82, 2.24) is 35.7 Å². The summed E-state index contributed by atoms with van der Waals surface area (Å²) in [6.45, 7) is 9.21. The average molecular weight is 532 g/mol. The number of nitrogens with zero attached hydrogens (tertiary/aromatic N) is 4. The van der Waals surface area contributed by atoms with Gasteiger partial charge in [0.2, 0.25) is 5.91 Å². The summed E-state index contributed by atoms with van der Waals surface area (Å²) < 4.78 is 20.2. The Morgan fingerprint density at radius 2 is 2.05 bits per heavy atom. The number of carbonyl (C=O) groups excluding carboxylic acids is 2. The van der Waals surface area contributed by atoms with Crippen LogP contribution in [0.1, 0.15) is 73.8 Å². The van der Waals surface area contributed by atoms with Crippen LogP contribution in [-0.4, -0.2) is 42.9 Å². The van der Waals surface area contributed by atoms with E-state index in [0.717, 1.165) is 30.7 Å². The Balaban J connectivity index is 1.33. The van der Waals surface area contributed by atoms with Crippen molar-refractivity contribution in [2.75, 3.05) is 0 Å². The topological polar surface area (TPSA) is 139 Å². The number of hydrogen-bond donors (Lipinski definition) is 3. The van der Waals surface area contributed by atoms with E-state index in [9.17, 15) is 9.59 Å². The van der Waals surface area contributed by atoms with E-state index in [0.29, 0.717) is 28.1 Å². The molecule has 3 N–H and O–H groups in total. The maximum absolute atomic E-state index is 15.1. The van der Waals surface area contributed by atoms with Gasteiger partial charge in [0, 0.05) is 41.2 Å². The molecule has 2 unspecified atom stereocenters. The Hall–Kier alpha value is -4.41. The molecule has 1 aromatic carbocycles. The van der Waals surface area contributed by atoms with E-state index in [4.69, 9.17) is 9.51 Å². The Morgan fingerprint density at radius 3 is 2.77 bits per heavy atom. The first-order valence-corrected chi connectivity index (χ1v) is 12.8. The number of imidazole rings is 1. The molecule has 0 radical (unpaired) electrons. The molecule has 3 heterocycles. The van der Waals surface area contributed by atoms with E-state index < -0.39 is 11.7 Å². The lowest BCUT2D eigenvalue weighted by atomic mass is 9.96. The number of nitrogens with one attached hydrogen (secondary N) is 3. The molecule has 1 fully saturated rings. The lowest BCUT2D eigenvalue weighted by molar-refractivity contribution is -0.117. The number of rotatable bonds is 7. The predicted octanol–water partition coefficient (Wildman–Crippen LogP) is 4.31. The van der Waals surface area contributed by atoms with Crippen molar-refractivity contribution in [3.8, 4) is 11.1 Å². The molecule has 0 saturated heterocycles. The number of halogens is 1. The van der Waals surface area contributed by atoms with E-state index in [-0.39, 0.29) is 35.7 Å². The lowest BCUT2D eigenvalue weighted by Gasteiger charge is -2.18. The van der Waals surface area contributed by atoms with Gasteiger partial charge >= 0.3 is 11.8 Å². The number of carbonyl (C=O) groups is 2. The molecule has 0 bridgehead atoms. The largest absolute Gasteiger partial charge is 0.349 e. The van der Waals surface area contributed by atoms with Crippen molar-refractivity contribution in [2.24, 2.45) is 0 Å². The van der Waals surface area contributed by atoms with Gasteiger partial charge in [-0.1, -0.05) is 51.1 Å². The van der Waals surface area contributed by atoms with E-state index in [1.807, 2.05) is 20.8 Å². The zero-order valence-corrected chi connectivity index (χ0v) is 22.0. The lowest BCUT2D eigenvalue weighted by Crippen LogP contribution is -2.35. The van der Waals surface area contributed by atoms with Gasteiger partial charge in [0.05, 0.1) is 5.52 Å². The van der Waals surface area contributed by atoms with Gasteiger partial charge in [-0.25, -0.2) is 14.4 Å². The van der Waals surface area contributed by atoms with Gasteiger partial charge in [-0.3, -0.25) is 9.59 Å². The molecule has 2 atom stereocenters. The van der Waals surface area contributed by atoms with Gasteiger partial charge in [0.1, 0.15) is 11.6 Å². The highest BCUT2D eigenvalue weighted by Gasteiger charge is 2.32. The summed E-state index contributed by atoms with van der Waals surface area (Å²) in [6.07, 6.45) is 5.61. The molecule has 4 aromatic rings. The Kier molecular flexibility index (Phi) is 6.98. The quantitative estimate of drug-likeness (QED) is 0.302. The van der Waals surface area contributed by atoms with E-state index in [2.05, 4.69) is 37.3 Å². The van der Waals surface area contributed by atoms with Crippen LogP contribution in [0.2, 0.25) is 0 Å². The third-order valence-electron chi connectivity index (χ3n) is 6.89. The molecule has 5 rings (SSSR count). The summed E-state index contributed by atoms with van der Waals surface area (Å²) >= 11 is 0. The molecular weight excluding hydrogens is 501 g/mol. The number of aromatic amines is 1. The minimum atomic E-state index is -0.572. The van der Waals surface area contributed by atoms with Crippen molar-refractivity contribution in [1.29, 1.82) is 0 Å². The van der Waals surface area contributed by atoms with E-state index in [1.54, 1.807) is 24.4 Å². The highest BCUT2D eigenvalue weighted by atomic mass is 19.1. The predicted molar refractivity (Wildman–Crippen MR) is 142 cm³/mol. The zero-order chi connectivity index (χ0) is 27.7. The van der Waals surface area contributed by atoms with Crippen LogP contribution in [0.3, 0.4) is 0 Å². The molecular formula is C28H30FN7O3. The molecule has 2 amide bonds. The summed E-state index contributed by atoms with van der Waals surface area (Å²) in [7, 11) is 0. The van der Waals surface area contributed by atoms with Crippen LogP contribution in [0.25, 0.3) is 22.3 Å². The fraction of sp³-hybridized carbons (Fsp3) is 0.357. The number of amides is 2. The molecule has 202 valence electrons. The Bertz CT molecular complexity index is 1550. The fourth-order valence-electron chi connectivity index (χ4n) is 4.78. The van der Waals surface area contributed by atoms with Crippen LogP contribution in [-0.2, 0) is 16.8 Å².